The average molecular weight is 393 g/mol. The number of benzene rings is 2. The van der Waals surface area contributed by atoms with Crippen molar-refractivity contribution in [3.05, 3.63) is 76.9 Å². The minimum absolute atomic E-state index is 0.0105. The summed E-state index contributed by atoms with van der Waals surface area (Å²) in [4.78, 5) is 15.2. The van der Waals surface area contributed by atoms with Crippen LogP contribution in [0.2, 0.25) is 0 Å². The summed E-state index contributed by atoms with van der Waals surface area (Å²) in [6.07, 6.45) is 1.08. The summed E-state index contributed by atoms with van der Waals surface area (Å²) in [7, 11) is 0. The molecule has 1 aliphatic rings. The molecule has 1 aliphatic heterocycles. The summed E-state index contributed by atoms with van der Waals surface area (Å²) in [5, 5.41) is 23.4. The van der Waals surface area contributed by atoms with Gasteiger partial charge in [-0.15, -0.1) is 16.8 Å². The maximum atomic E-state index is 11.1. The summed E-state index contributed by atoms with van der Waals surface area (Å²) in [6.45, 7) is 3.69. The number of nitrogens with zero attached hydrogens (tertiary/aromatic N) is 4. The smallest absolute Gasteiger partial charge is 0.269 e. The van der Waals surface area contributed by atoms with E-state index in [2.05, 4.69) is 27.1 Å². The quantitative estimate of drug-likeness (QED) is 0.297. The van der Waals surface area contributed by atoms with Gasteiger partial charge in [0.1, 0.15) is 0 Å². The van der Waals surface area contributed by atoms with Crippen molar-refractivity contribution in [2.75, 3.05) is 11.1 Å². The van der Waals surface area contributed by atoms with Crippen molar-refractivity contribution in [2.45, 2.75) is 11.4 Å². The number of nitro benzene ring substituents is 1. The lowest BCUT2D eigenvalue weighted by Gasteiger charge is -2.19. The third-order valence-electron chi connectivity index (χ3n) is 4.05. The second kappa shape index (κ2) is 7.65. The molecule has 1 N–H and O–H groups in total. The van der Waals surface area contributed by atoms with Crippen molar-refractivity contribution in [2.24, 2.45) is 0 Å². The molecule has 0 saturated heterocycles. The van der Waals surface area contributed by atoms with Crippen molar-refractivity contribution < 1.29 is 9.66 Å². The van der Waals surface area contributed by atoms with Crippen LogP contribution in [0, 0.1) is 10.1 Å². The Hall–Kier alpha value is -3.46. The van der Waals surface area contributed by atoms with Gasteiger partial charge in [0.05, 0.1) is 4.92 Å². The maximum Gasteiger partial charge on any atom is 0.269 e. The Bertz CT molecular complexity index is 1060. The molecular formula is C19H15N5O3S. The predicted molar refractivity (Wildman–Crippen MR) is 106 cm³/mol. The molecule has 9 heteroatoms. The van der Waals surface area contributed by atoms with Gasteiger partial charge in [-0.05, 0) is 6.07 Å². The maximum absolute atomic E-state index is 11.1. The largest absolute Gasteiger partial charge is 0.448 e. The minimum atomic E-state index is -0.670. The molecule has 2 aromatic carbocycles. The van der Waals surface area contributed by atoms with Crippen LogP contribution in [0.15, 0.2) is 66.3 Å². The Morgan fingerprint density at radius 3 is 2.93 bits per heavy atom. The standard InChI is InChI=1S/C19H15N5O3S/c1-2-10-28-19-21-18-16(22-23-19)14-8-3-4-9-15(14)20-17(27-18)12-6-5-7-13(11-12)24(25)26/h2-9,11,17,20H,1,10H2/t17-/m0/s1. The molecule has 1 atom stereocenters. The number of hydrogen-bond acceptors (Lipinski definition) is 8. The summed E-state index contributed by atoms with van der Waals surface area (Å²) in [5.41, 5.74) is 2.68. The van der Waals surface area contributed by atoms with Crippen LogP contribution in [0.1, 0.15) is 11.8 Å². The fourth-order valence-corrected chi connectivity index (χ4v) is 3.31. The van der Waals surface area contributed by atoms with E-state index in [1.165, 1.54) is 23.9 Å². The fourth-order valence-electron chi connectivity index (χ4n) is 2.79. The molecule has 140 valence electrons. The van der Waals surface area contributed by atoms with Gasteiger partial charge in [0.2, 0.25) is 11.0 Å². The lowest BCUT2D eigenvalue weighted by molar-refractivity contribution is -0.385. The number of non-ortho nitro benzene ring substituents is 1. The van der Waals surface area contributed by atoms with E-state index in [4.69, 9.17) is 4.74 Å². The molecule has 28 heavy (non-hydrogen) atoms. The van der Waals surface area contributed by atoms with Crippen molar-refractivity contribution in [3.8, 4) is 17.1 Å². The zero-order valence-electron chi connectivity index (χ0n) is 14.6. The number of rotatable bonds is 5. The zero-order chi connectivity index (χ0) is 19.5. The number of aromatic nitrogens is 3. The van der Waals surface area contributed by atoms with Crippen molar-refractivity contribution in [3.63, 3.8) is 0 Å². The van der Waals surface area contributed by atoms with Crippen molar-refractivity contribution in [1.82, 2.24) is 15.2 Å². The van der Waals surface area contributed by atoms with Gasteiger partial charge in [0, 0.05) is 34.7 Å². The third kappa shape index (κ3) is 3.52. The number of fused-ring (bicyclic) bond motifs is 3. The molecule has 1 aromatic heterocycles. The molecule has 0 fully saturated rings. The van der Waals surface area contributed by atoms with E-state index in [-0.39, 0.29) is 5.69 Å². The normalized spacial score (nSPS) is 14.6. The van der Waals surface area contributed by atoms with Crippen LogP contribution < -0.4 is 10.1 Å². The highest BCUT2D eigenvalue weighted by atomic mass is 32.2. The Morgan fingerprint density at radius 2 is 2.11 bits per heavy atom. The molecule has 3 aromatic rings. The molecular weight excluding hydrogens is 378 g/mol. The first-order valence-electron chi connectivity index (χ1n) is 8.41. The van der Waals surface area contributed by atoms with Crippen LogP contribution >= 0.6 is 11.8 Å². The summed E-state index contributed by atoms with van der Waals surface area (Å²) in [5.74, 6) is 0.958. The first kappa shape index (κ1) is 17.9. The van der Waals surface area contributed by atoms with Gasteiger partial charge >= 0.3 is 0 Å². The van der Waals surface area contributed by atoms with E-state index in [9.17, 15) is 10.1 Å². The Labute approximate surface area is 164 Å². The molecule has 8 nitrogen and oxygen atoms in total. The summed E-state index contributed by atoms with van der Waals surface area (Å²) < 4.78 is 6.09. The number of para-hydroxylation sites is 1. The van der Waals surface area contributed by atoms with Gasteiger partial charge in [-0.25, -0.2) is 0 Å². The van der Waals surface area contributed by atoms with Gasteiger partial charge in [-0.1, -0.05) is 48.2 Å². The van der Waals surface area contributed by atoms with E-state index in [0.717, 1.165) is 11.3 Å². The summed E-state index contributed by atoms with van der Waals surface area (Å²) >= 11 is 1.39. The average Bonchev–Trinajstić information content (AvgIpc) is 2.88. The van der Waals surface area contributed by atoms with E-state index < -0.39 is 11.2 Å². The number of ether oxygens (including phenoxy) is 1. The Balaban J connectivity index is 1.79. The van der Waals surface area contributed by atoms with Gasteiger partial charge in [0.15, 0.2) is 11.9 Å². The van der Waals surface area contributed by atoms with Crippen molar-refractivity contribution >= 4 is 23.1 Å². The van der Waals surface area contributed by atoms with E-state index in [0.29, 0.717) is 28.0 Å². The first-order chi connectivity index (χ1) is 13.7. The molecule has 0 amide bonds. The minimum Gasteiger partial charge on any atom is -0.448 e. The topological polar surface area (TPSA) is 103 Å². The van der Waals surface area contributed by atoms with Crippen LogP contribution in [0.4, 0.5) is 11.4 Å². The van der Waals surface area contributed by atoms with E-state index >= 15 is 0 Å². The second-order valence-corrected chi connectivity index (χ2v) is 6.87. The number of nitro groups is 1. The third-order valence-corrected chi connectivity index (χ3v) is 4.88. The highest BCUT2D eigenvalue weighted by molar-refractivity contribution is 7.99. The monoisotopic (exact) mass is 393 g/mol. The number of hydrogen-bond donors (Lipinski definition) is 1. The molecule has 0 aliphatic carbocycles. The lowest BCUT2D eigenvalue weighted by atomic mass is 10.1. The van der Waals surface area contributed by atoms with Crippen molar-refractivity contribution in [1.29, 1.82) is 0 Å². The van der Waals surface area contributed by atoms with E-state index in [1.54, 1.807) is 18.2 Å². The highest BCUT2D eigenvalue weighted by Crippen LogP contribution is 2.39. The SMILES string of the molecule is C=CCSc1nnc2c(n1)O[C@@H](c1cccc([N+](=O)[O-])c1)Nc1ccccc1-2. The van der Waals surface area contributed by atoms with Gasteiger partial charge in [-0.3, -0.25) is 10.1 Å². The highest BCUT2D eigenvalue weighted by Gasteiger charge is 2.26. The number of thioether (sulfide) groups is 1. The lowest BCUT2D eigenvalue weighted by Crippen LogP contribution is -2.17. The second-order valence-electron chi connectivity index (χ2n) is 5.89. The van der Waals surface area contributed by atoms with E-state index in [1.807, 2.05) is 24.3 Å². The Kier molecular flexibility index (Phi) is 4.90. The summed E-state index contributed by atoms with van der Waals surface area (Å²) in [6, 6.07) is 13.9. The van der Waals surface area contributed by atoms with Crippen LogP contribution in [-0.2, 0) is 0 Å². The van der Waals surface area contributed by atoms with Crippen LogP contribution in [0.25, 0.3) is 11.3 Å². The molecule has 4 rings (SSSR count). The zero-order valence-corrected chi connectivity index (χ0v) is 15.4. The predicted octanol–water partition coefficient (Wildman–Crippen LogP) is 4.23. The van der Waals surface area contributed by atoms with Crippen LogP contribution in [-0.4, -0.2) is 25.9 Å². The molecule has 2 heterocycles. The van der Waals surface area contributed by atoms with Crippen LogP contribution in [0.5, 0.6) is 5.88 Å². The number of nitrogens with one attached hydrogen (secondary N) is 1. The fraction of sp³-hybridized carbons (Fsp3) is 0.105. The van der Waals surface area contributed by atoms with Gasteiger partial charge in [-0.2, -0.15) is 4.98 Å². The van der Waals surface area contributed by atoms with Gasteiger partial charge < -0.3 is 10.1 Å². The molecule has 0 unspecified atom stereocenters. The molecule has 0 spiro atoms. The molecule has 0 saturated carbocycles. The number of anilines is 1. The molecule has 0 radical (unpaired) electrons. The molecule has 0 bridgehead atoms. The van der Waals surface area contributed by atoms with Gasteiger partial charge in [0.25, 0.3) is 5.69 Å². The van der Waals surface area contributed by atoms with Crippen LogP contribution in [0.3, 0.4) is 0 Å². The Morgan fingerprint density at radius 1 is 1.25 bits per heavy atom. The first-order valence-corrected chi connectivity index (χ1v) is 9.39.